The van der Waals surface area contributed by atoms with Gasteiger partial charge in [-0.05, 0) is 86.1 Å². The summed E-state index contributed by atoms with van der Waals surface area (Å²) in [5.41, 5.74) is -0.254. The molecule has 0 atom stereocenters. The van der Waals surface area contributed by atoms with Gasteiger partial charge in [-0.2, -0.15) is 0 Å². The van der Waals surface area contributed by atoms with Crippen LogP contribution in [0, 0.1) is 5.41 Å². The summed E-state index contributed by atoms with van der Waals surface area (Å²) in [5.74, 6) is -0.766. The molecular formula is C13H12Br5NO2. The first kappa shape index (κ1) is 19.8. The molecule has 0 saturated carbocycles. The van der Waals surface area contributed by atoms with Crippen molar-refractivity contribution in [2.45, 2.75) is 27.2 Å². The molecule has 1 rings (SSSR count). The van der Waals surface area contributed by atoms with Gasteiger partial charge in [-0.1, -0.05) is 20.8 Å². The molecule has 2 amide bonds. The van der Waals surface area contributed by atoms with Crippen molar-refractivity contribution in [3.63, 3.8) is 0 Å². The molecule has 0 heterocycles. The summed E-state index contributed by atoms with van der Waals surface area (Å²) >= 11 is 16.9. The summed E-state index contributed by atoms with van der Waals surface area (Å²) < 4.78 is 3.25. The fourth-order valence-electron chi connectivity index (χ4n) is 1.30. The zero-order valence-electron chi connectivity index (χ0n) is 11.4. The van der Waals surface area contributed by atoms with E-state index < -0.39 is 11.3 Å². The van der Waals surface area contributed by atoms with Gasteiger partial charge < -0.3 is 0 Å². The van der Waals surface area contributed by atoms with E-state index in [2.05, 4.69) is 85.0 Å². The smallest absolute Gasteiger partial charge is 0.260 e. The van der Waals surface area contributed by atoms with Crippen molar-refractivity contribution in [3.8, 4) is 0 Å². The second kappa shape index (κ2) is 7.55. The number of amides is 2. The molecule has 0 bridgehead atoms. The molecule has 1 aromatic rings. The minimum absolute atomic E-state index is 0.302. The zero-order valence-corrected chi connectivity index (χ0v) is 19.3. The average Bonchev–Trinajstić information content (AvgIpc) is 2.43. The Bertz CT molecular complexity index is 584. The summed E-state index contributed by atoms with van der Waals surface area (Å²) in [6.45, 7) is 5.50. The summed E-state index contributed by atoms with van der Waals surface area (Å²) in [7, 11) is 0. The van der Waals surface area contributed by atoms with Crippen LogP contribution in [0.5, 0.6) is 0 Å². The fourth-order valence-corrected chi connectivity index (χ4v) is 4.71. The van der Waals surface area contributed by atoms with Crippen LogP contribution in [0.15, 0.2) is 22.4 Å². The molecule has 1 aromatic carbocycles. The van der Waals surface area contributed by atoms with Gasteiger partial charge in [-0.25, -0.2) is 0 Å². The van der Waals surface area contributed by atoms with Crippen LogP contribution in [0.1, 0.15) is 37.6 Å². The largest absolute Gasteiger partial charge is 0.292 e. The molecule has 0 spiro atoms. The Morgan fingerprint density at radius 2 is 1.29 bits per heavy atom. The number of hydrogen-bond acceptors (Lipinski definition) is 2. The molecule has 0 aliphatic rings. The predicted octanol–water partition coefficient (Wildman–Crippen LogP) is 6.19. The lowest BCUT2D eigenvalue weighted by atomic mass is 9.89. The highest BCUT2D eigenvalue weighted by atomic mass is 79.9. The maximum atomic E-state index is 12.4. The molecule has 0 aliphatic heterocycles. The van der Waals surface area contributed by atoms with Crippen LogP contribution >= 0.6 is 79.6 Å². The van der Waals surface area contributed by atoms with E-state index in [9.17, 15) is 9.59 Å². The summed E-state index contributed by atoms with van der Waals surface area (Å²) in [4.78, 5) is 24.6. The normalized spacial score (nSPS) is 11.4. The molecule has 3 nitrogen and oxygen atoms in total. The molecule has 0 fully saturated rings. The Morgan fingerprint density at radius 3 is 1.67 bits per heavy atom. The monoisotopic (exact) mass is 609 g/mol. The van der Waals surface area contributed by atoms with E-state index in [1.165, 1.54) is 0 Å². The van der Waals surface area contributed by atoms with Crippen LogP contribution in [-0.2, 0) is 4.79 Å². The van der Waals surface area contributed by atoms with E-state index in [-0.39, 0.29) is 5.91 Å². The van der Waals surface area contributed by atoms with Crippen LogP contribution in [0.2, 0.25) is 0 Å². The molecule has 21 heavy (non-hydrogen) atoms. The van der Waals surface area contributed by atoms with Gasteiger partial charge in [0.25, 0.3) is 5.91 Å². The number of halogens is 5. The van der Waals surface area contributed by atoms with Crippen molar-refractivity contribution < 1.29 is 9.59 Å². The van der Waals surface area contributed by atoms with Gasteiger partial charge in [0.1, 0.15) is 0 Å². The first-order chi connectivity index (χ1) is 9.54. The van der Waals surface area contributed by atoms with Crippen LogP contribution in [-0.4, -0.2) is 11.8 Å². The lowest BCUT2D eigenvalue weighted by Crippen LogP contribution is -2.40. The van der Waals surface area contributed by atoms with Crippen LogP contribution in [0.3, 0.4) is 0 Å². The van der Waals surface area contributed by atoms with E-state index in [4.69, 9.17) is 0 Å². The van der Waals surface area contributed by atoms with Crippen LogP contribution in [0.25, 0.3) is 0 Å². The number of carbonyl (C=O) groups is 2. The van der Waals surface area contributed by atoms with Crippen molar-refractivity contribution >= 4 is 91.5 Å². The van der Waals surface area contributed by atoms with E-state index in [0.717, 1.165) is 4.47 Å². The molecule has 0 aliphatic carbocycles. The van der Waals surface area contributed by atoms with Gasteiger partial charge in [0.2, 0.25) is 5.91 Å². The van der Waals surface area contributed by atoms with Crippen molar-refractivity contribution in [2.24, 2.45) is 5.41 Å². The minimum atomic E-state index is -0.599. The number of rotatable bonds is 3. The maximum Gasteiger partial charge on any atom is 0.260 e. The molecule has 8 heteroatoms. The van der Waals surface area contributed by atoms with Crippen molar-refractivity contribution in [3.05, 3.63) is 27.9 Å². The Balaban J connectivity index is 3.24. The number of nitrogens with one attached hydrogen (secondary N) is 1. The van der Waals surface area contributed by atoms with Crippen LogP contribution in [0.4, 0.5) is 0 Å². The summed E-state index contributed by atoms with van der Waals surface area (Å²) in [5, 5.41) is 2.45. The lowest BCUT2D eigenvalue weighted by Gasteiger charge is -2.21. The molecule has 1 N–H and O–H groups in total. The average molecular weight is 614 g/mol. The SMILES string of the molecule is CCC(C)(C)C(=O)NC(=O)c1c(Br)c(Br)c(Br)c(Br)c1Br. The molecule has 116 valence electrons. The molecule has 0 aromatic heterocycles. The quantitative estimate of drug-likeness (QED) is 0.327. The van der Waals surface area contributed by atoms with Gasteiger partial charge in [0.05, 0.1) is 5.56 Å². The third-order valence-electron chi connectivity index (χ3n) is 3.16. The van der Waals surface area contributed by atoms with E-state index in [1.807, 2.05) is 6.92 Å². The van der Waals surface area contributed by atoms with Crippen molar-refractivity contribution in [2.75, 3.05) is 0 Å². The number of benzene rings is 1. The van der Waals surface area contributed by atoms with Crippen molar-refractivity contribution in [1.29, 1.82) is 0 Å². The Hall–Kier alpha value is 0.760. The highest BCUT2D eigenvalue weighted by Crippen LogP contribution is 2.44. The van der Waals surface area contributed by atoms with Crippen LogP contribution < -0.4 is 5.32 Å². The Morgan fingerprint density at radius 1 is 0.905 bits per heavy atom. The maximum absolute atomic E-state index is 12.4. The molecule has 0 radical (unpaired) electrons. The standard InChI is InChI=1S/C13H12Br5NO2/c1-4-13(2,3)12(21)19-11(20)5-6(14)8(16)10(18)9(17)7(5)15/h4H2,1-3H3,(H,19,20,21). The van der Waals surface area contributed by atoms with Gasteiger partial charge >= 0.3 is 0 Å². The first-order valence-corrected chi connectivity index (χ1v) is 9.88. The molecule has 0 saturated heterocycles. The van der Waals surface area contributed by atoms with E-state index >= 15 is 0 Å². The Kier molecular flexibility index (Phi) is 7.12. The highest BCUT2D eigenvalue weighted by Gasteiger charge is 2.29. The number of carbonyl (C=O) groups excluding carboxylic acids is 2. The first-order valence-electron chi connectivity index (χ1n) is 5.91. The third-order valence-corrected chi connectivity index (χ3v) is 9.26. The molecular weight excluding hydrogens is 602 g/mol. The Labute approximate surface area is 165 Å². The van der Waals surface area contributed by atoms with E-state index in [0.29, 0.717) is 29.9 Å². The molecule has 0 unspecified atom stereocenters. The van der Waals surface area contributed by atoms with Crippen molar-refractivity contribution in [1.82, 2.24) is 5.32 Å². The zero-order chi connectivity index (χ0) is 16.5. The third kappa shape index (κ3) is 4.19. The summed E-state index contributed by atoms with van der Waals surface area (Å²) in [6, 6.07) is 0. The van der Waals surface area contributed by atoms with Gasteiger partial charge in [0, 0.05) is 27.8 Å². The van der Waals surface area contributed by atoms with Gasteiger partial charge in [-0.3, -0.25) is 14.9 Å². The van der Waals surface area contributed by atoms with Gasteiger partial charge in [0.15, 0.2) is 0 Å². The highest BCUT2D eigenvalue weighted by molar-refractivity contribution is 9.15. The van der Waals surface area contributed by atoms with Gasteiger partial charge in [-0.15, -0.1) is 0 Å². The topological polar surface area (TPSA) is 46.2 Å². The van der Waals surface area contributed by atoms with E-state index in [1.54, 1.807) is 13.8 Å². The lowest BCUT2D eigenvalue weighted by molar-refractivity contribution is -0.128. The number of hydrogen-bond donors (Lipinski definition) is 1. The second-order valence-electron chi connectivity index (χ2n) is 4.97. The fraction of sp³-hybridized carbons (Fsp3) is 0.385. The number of imide groups is 1. The second-order valence-corrected chi connectivity index (χ2v) is 8.93. The predicted molar refractivity (Wildman–Crippen MR) is 101 cm³/mol. The summed E-state index contributed by atoms with van der Waals surface area (Å²) in [6.07, 6.45) is 0.641. The minimum Gasteiger partial charge on any atom is -0.292 e.